The van der Waals surface area contributed by atoms with Crippen LogP contribution in [0.5, 0.6) is 0 Å². The average molecular weight is 279 g/mol. The second kappa shape index (κ2) is 6.25. The Hall–Kier alpha value is -0.905. The van der Waals surface area contributed by atoms with Gasteiger partial charge in [-0.25, -0.2) is 4.39 Å². The molecule has 0 spiro atoms. The Balaban J connectivity index is 2.20. The van der Waals surface area contributed by atoms with Crippen LogP contribution in [0.25, 0.3) is 0 Å². The van der Waals surface area contributed by atoms with Gasteiger partial charge in [-0.15, -0.1) is 0 Å². The van der Waals surface area contributed by atoms with Crippen LogP contribution in [0.4, 0.5) is 4.39 Å². The van der Waals surface area contributed by atoms with Gasteiger partial charge in [0.05, 0.1) is 0 Å². The van der Waals surface area contributed by atoms with Crippen molar-refractivity contribution in [2.24, 2.45) is 11.8 Å². The molecule has 0 aliphatic carbocycles. The monoisotopic (exact) mass is 279 g/mol. The Bertz CT molecular complexity index is 469. The number of nitrogens with zero attached hydrogens (tertiary/aromatic N) is 1. The standard InChI is InChI=1S/C15H23BFNO2/c1-10-6-11(2)12(3)18(8-10)9-13-4-5-14(17)7-15(13)16(19)20/h4-5,7,10-12,19-20H,6,8-9H2,1-3H3. The Morgan fingerprint density at radius 2 is 2.00 bits per heavy atom. The van der Waals surface area contributed by atoms with E-state index in [1.807, 2.05) is 0 Å². The number of rotatable bonds is 3. The lowest BCUT2D eigenvalue weighted by atomic mass is 9.76. The van der Waals surface area contributed by atoms with Crippen molar-refractivity contribution >= 4 is 12.6 Å². The average Bonchev–Trinajstić information content (AvgIpc) is 2.37. The Morgan fingerprint density at radius 1 is 1.30 bits per heavy atom. The van der Waals surface area contributed by atoms with E-state index in [0.717, 1.165) is 12.1 Å². The number of hydrogen-bond acceptors (Lipinski definition) is 3. The van der Waals surface area contributed by atoms with Gasteiger partial charge in [-0.05, 0) is 48.3 Å². The van der Waals surface area contributed by atoms with Crippen molar-refractivity contribution in [1.82, 2.24) is 4.90 Å². The first-order valence-corrected chi connectivity index (χ1v) is 7.27. The van der Waals surface area contributed by atoms with Gasteiger partial charge in [0.15, 0.2) is 0 Å². The van der Waals surface area contributed by atoms with Gasteiger partial charge >= 0.3 is 7.12 Å². The summed E-state index contributed by atoms with van der Waals surface area (Å²) < 4.78 is 13.3. The molecular weight excluding hydrogens is 256 g/mol. The predicted octanol–water partition coefficient (Wildman–Crippen LogP) is 1.37. The van der Waals surface area contributed by atoms with Crippen molar-refractivity contribution in [3.63, 3.8) is 0 Å². The van der Waals surface area contributed by atoms with Crippen molar-refractivity contribution in [2.75, 3.05) is 6.54 Å². The van der Waals surface area contributed by atoms with Gasteiger partial charge in [-0.3, -0.25) is 4.90 Å². The number of hydrogen-bond donors (Lipinski definition) is 2. The molecule has 2 rings (SSSR count). The summed E-state index contributed by atoms with van der Waals surface area (Å²) in [6.07, 6.45) is 1.22. The first-order chi connectivity index (χ1) is 9.38. The maximum absolute atomic E-state index is 13.3. The molecule has 1 fully saturated rings. The van der Waals surface area contributed by atoms with Crippen LogP contribution in [0.15, 0.2) is 18.2 Å². The van der Waals surface area contributed by atoms with Crippen LogP contribution < -0.4 is 5.46 Å². The van der Waals surface area contributed by atoms with Crippen LogP contribution in [0.1, 0.15) is 32.8 Å². The predicted molar refractivity (Wildman–Crippen MR) is 79.0 cm³/mol. The highest BCUT2D eigenvalue weighted by molar-refractivity contribution is 6.59. The fourth-order valence-corrected chi connectivity index (χ4v) is 3.21. The lowest BCUT2D eigenvalue weighted by Gasteiger charge is -2.41. The quantitative estimate of drug-likeness (QED) is 0.821. The topological polar surface area (TPSA) is 43.7 Å². The SMILES string of the molecule is CC1CC(C)C(C)N(Cc2ccc(F)cc2B(O)O)C1. The molecule has 0 saturated carbocycles. The van der Waals surface area contributed by atoms with Crippen LogP contribution in [0, 0.1) is 17.7 Å². The van der Waals surface area contributed by atoms with Crippen molar-refractivity contribution in [3.8, 4) is 0 Å². The molecule has 1 aliphatic rings. The van der Waals surface area contributed by atoms with Crippen LogP contribution in [-0.2, 0) is 6.54 Å². The first kappa shape index (κ1) is 15.5. The van der Waals surface area contributed by atoms with E-state index in [4.69, 9.17) is 0 Å². The lowest BCUT2D eigenvalue weighted by Crippen LogP contribution is -2.46. The fourth-order valence-electron chi connectivity index (χ4n) is 3.21. The van der Waals surface area contributed by atoms with E-state index in [9.17, 15) is 14.4 Å². The minimum atomic E-state index is -1.63. The minimum Gasteiger partial charge on any atom is -0.423 e. The maximum atomic E-state index is 13.3. The zero-order valence-corrected chi connectivity index (χ0v) is 12.4. The lowest BCUT2D eigenvalue weighted by molar-refractivity contribution is 0.0731. The van der Waals surface area contributed by atoms with E-state index >= 15 is 0 Å². The molecule has 0 amide bonds. The van der Waals surface area contributed by atoms with Crippen LogP contribution in [-0.4, -0.2) is 34.7 Å². The van der Waals surface area contributed by atoms with Crippen molar-refractivity contribution in [2.45, 2.75) is 39.8 Å². The van der Waals surface area contributed by atoms with E-state index in [0.29, 0.717) is 24.4 Å². The van der Waals surface area contributed by atoms with E-state index in [-0.39, 0.29) is 5.46 Å². The molecule has 110 valence electrons. The fraction of sp³-hybridized carbons (Fsp3) is 0.600. The molecule has 0 bridgehead atoms. The first-order valence-electron chi connectivity index (χ1n) is 7.27. The Kier molecular flexibility index (Phi) is 4.84. The van der Waals surface area contributed by atoms with Crippen LogP contribution in [0.3, 0.4) is 0 Å². The molecule has 5 heteroatoms. The Labute approximate surface area is 120 Å². The third-order valence-corrected chi connectivity index (χ3v) is 4.48. The van der Waals surface area contributed by atoms with Gasteiger partial charge in [-0.1, -0.05) is 19.9 Å². The summed E-state index contributed by atoms with van der Waals surface area (Å²) in [5, 5.41) is 18.8. The smallest absolute Gasteiger partial charge is 0.423 e. The molecule has 3 nitrogen and oxygen atoms in total. The normalized spacial score (nSPS) is 27.6. The summed E-state index contributed by atoms with van der Waals surface area (Å²) >= 11 is 0. The summed E-state index contributed by atoms with van der Waals surface area (Å²) in [4.78, 5) is 2.35. The highest BCUT2D eigenvalue weighted by Gasteiger charge is 2.29. The van der Waals surface area contributed by atoms with Gasteiger partial charge in [0.1, 0.15) is 5.82 Å². The number of halogens is 1. The second-order valence-corrected chi connectivity index (χ2v) is 6.21. The third-order valence-electron chi connectivity index (χ3n) is 4.48. The van der Waals surface area contributed by atoms with E-state index < -0.39 is 12.9 Å². The molecule has 1 saturated heterocycles. The second-order valence-electron chi connectivity index (χ2n) is 6.21. The number of likely N-dealkylation sites (tertiary alicyclic amines) is 1. The van der Waals surface area contributed by atoms with Crippen molar-refractivity contribution in [1.29, 1.82) is 0 Å². The molecule has 3 unspecified atom stereocenters. The van der Waals surface area contributed by atoms with E-state index in [1.165, 1.54) is 18.6 Å². The Morgan fingerprint density at radius 3 is 2.65 bits per heavy atom. The van der Waals surface area contributed by atoms with Crippen LogP contribution >= 0.6 is 0 Å². The summed E-state index contributed by atoms with van der Waals surface area (Å²) in [6.45, 7) is 8.31. The molecule has 20 heavy (non-hydrogen) atoms. The highest BCUT2D eigenvalue weighted by atomic mass is 19.1. The van der Waals surface area contributed by atoms with Gasteiger partial charge in [-0.2, -0.15) is 0 Å². The zero-order valence-electron chi connectivity index (χ0n) is 12.4. The van der Waals surface area contributed by atoms with E-state index in [2.05, 4.69) is 25.7 Å². The number of piperidine rings is 1. The molecule has 1 aromatic carbocycles. The van der Waals surface area contributed by atoms with Gasteiger partial charge in [0.25, 0.3) is 0 Å². The molecule has 1 aromatic rings. The summed E-state index contributed by atoms with van der Waals surface area (Å²) in [5.41, 5.74) is 1.05. The largest absolute Gasteiger partial charge is 0.488 e. The van der Waals surface area contributed by atoms with E-state index in [1.54, 1.807) is 6.07 Å². The van der Waals surface area contributed by atoms with Gasteiger partial charge < -0.3 is 10.0 Å². The zero-order chi connectivity index (χ0) is 14.9. The van der Waals surface area contributed by atoms with Crippen LogP contribution in [0.2, 0.25) is 0 Å². The summed E-state index contributed by atoms with van der Waals surface area (Å²) in [6, 6.07) is 4.69. The minimum absolute atomic E-state index is 0.267. The van der Waals surface area contributed by atoms with Crippen molar-refractivity contribution in [3.05, 3.63) is 29.6 Å². The molecule has 1 heterocycles. The molecule has 0 radical (unpaired) electrons. The molecular formula is C15H23BFNO2. The third kappa shape index (κ3) is 3.40. The summed E-state index contributed by atoms with van der Waals surface area (Å²) in [7, 11) is -1.63. The number of benzene rings is 1. The van der Waals surface area contributed by atoms with Gasteiger partial charge in [0.2, 0.25) is 0 Å². The molecule has 1 aliphatic heterocycles. The maximum Gasteiger partial charge on any atom is 0.488 e. The molecule has 3 atom stereocenters. The van der Waals surface area contributed by atoms with Crippen molar-refractivity contribution < 1.29 is 14.4 Å². The molecule has 0 aromatic heterocycles. The highest BCUT2D eigenvalue weighted by Crippen LogP contribution is 2.27. The summed E-state index contributed by atoms with van der Waals surface area (Å²) in [5.74, 6) is 0.802. The van der Waals surface area contributed by atoms with Gasteiger partial charge in [0, 0.05) is 19.1 Å². The molecule has 2 N–H and O–H groups in total.